The highest BCUT2D eigenvalue weighted by atomic mass is 15.3. The van der Waals surface area contributed by atoms with Gasteiger partial charge in [-0.15, -0.1) is 0 Å². The number of hydrogen-bond donors (Lipinski definition) is 1. The van der Waals surface area contributed by atoms with E-state index in [0.29, 0.717) is 0 Å². The van der Waals surface area contributed by atoms with Gasteiger partial charge in [0.05, 0.1) is 5.52 Å². The summed E-state index contributed by atoms with van der Waals surface area (Å²) in [5.41, 5.74) is 5.96. The van der Waals surface area contributed by atoms with Gasteiger partial charge in [-0.25, -0.2) is 0 Å². The molecule has 0 saturated carbocycles. The van der Waals surface area contributed by atoms with Gasteiger partial charge >= 0.3 is 0 Å². The molecule has 0 spiro atoms. The second kappa shape index (κ2) is 8.72. The molecule has 0 amide bonds. The van der Waals surface area contributed by atoms with Crippen molar-refractivity contribution in [2.45, 2.75) is 26.9 Å². The number of benzene rings is 2. The number of aromatic nitrogens is 1. The standard InChI is InChI=1S/C24H30N4/c1-3-27-12-14-28(15-13-27)18-20-5-9-23(10-6-20)25-17-21-7-11-24-22(16-21)8-4-19(2)26-24/h4-11,16,25H,3,12-15,17-18H2,1-2H3. The lowest BCUT2D eigenvalue weighted by atomic mass is 10.1. The van der Waals surface area contributed by atoms with Gasteiger partial charge in [0.25, 0.3) is 0 Å². The summed E-state index contributed by atoms with van der Waals surface area (Å²) in [6, 6.07) is 19.6. The van der Waals surface area contributed by atoms with Crippen LogP contribution in [0.5, 0.6) is 0 Å². The lowest BCUT2D eigenvalue weighted by Gasteiger charge is -2.34. The zero-order valence-electron chi connectivity index (χ0n) is 17.0. The zero-order chi connectivity index (χ0) is 19.3. The number of fused-ring (bicyclic) bond motifs is 1. The molecule has 1 aromatic heterocycles. The van der Waals surface area contributed by atoms with Crippen LogP contribution in [0.4, 0.5) is 5.69 Å². The van der Waals surface area contributed by atoms with Crippen LogP contribution in [0.1, 0.15) is 23.7 Å². The van der Waals surface area contributed by atoms with E-state index in [1.807, 2.05) is 6.92 Å². The highest BCUT2D eigenvalue weighted by Crippen LogP contribution is 2.17. The molecular weight excluding hydrogens is 344 g/mol. The maximum absolute atomic E-state index is 4.57. The Labute approximate surface area is 168 Å². The minimum Gasteiger partial charge on any atom is -0.381 e. The summed E-state index contributed by atoms with van der Waals surface area (Å²) in [5, 5.41) is 4.74. The fraction of sp³-hybridized carbons (Fsp3) is 0.375. The van der Waals surface area contributed by atoms with E-state index >= 15 is 0 Å². The highest BCUT2D eigenvalue weighted by molar-refractivity contribution is 5.79. The quantitative estimate of drug-likeness (QED) is 0.697. The van der Waals surface area contributed by atoms with Gasteiger partial charge in [0.2, 0.25) is 0 Å². The molecule has 0 radical (unpaired) electrons. The molecule has 4 rings (SSSR count). The lowest BCUT2D eigenvalue weighted by molar-refractivity contribution is 0.132. The third kappa shape index (κ3) is 4.70. The van der Waals surface area contributed by atoms with Crippen molar-refractivity contribution in [2.75, 3.05) is 38.0 Å². The summed E-state index contributed by atoms with van der Waals surface area (Å²) >= 11 is 0. The third-order valence-corrected chi connectivity index (χ3v) is 5.66. The first-order valence-electron chi connectivity index (χ1n) is 10.3. The molecule has 146 valence electrons. The smallest absolute Gasteiger partial charge is 0.0705 e. The van der Waals surface area contributed by atoms with Crippen LogP contribution in [-0.2, 0) is 13.1 Å². The largest absolute Gasteiger partial charge is 0.381 e. The molecule has 1 fully saturated rings. The van der Waals surface area contributed by atoms with Crippen LogP contribution in [0.3, 0.4) is 0 Å². The number of aryl methyl sites for hydroxylation is 1. The molecule has 28 heavy (non-hydrogen) atoms. The molecule has 2 heterocycles. The predicted molar refractivity (Wildman–Crippen MR) is 118 cm³/mol. The van der Waals surface area contributed by atoms with E-state index in [2.05, 4.69) is 81.6 Å². The lowest BCUT2D eigenvalue weighted by Crippen LogP contribution is -2.45. The SMILES string of the molecule is CCN1CCN(Cc2ccc(NCc3ccc4nc(C)ccc4c3)cc2)CC1. The first-order chi connectivity index (χ1) is 13.7. The third-order valence-electron chi connectivity index (χ3n) is 5.66. The molecule has 1 saturated heterocycles. The fourth-order valence-electron chi connectivity index (χ4n) is 3.84. The maximum atomic E-state index is 4.57. The Balaban J connectivity index is 1.31. The first kappa shape index (κ1) is 18.9. The summed E-state index contributed by atoms with van der Waals surface area (Å²) in [5.74, 6) is 0. The van der Waals surface area contributed by atoms with E-state index in [1.54, 1.807) is 0 Å². The zero-order valence-corrected chi connectivity index (χ0v) is 17.0. The number of anilines is 1. The van der Waals surface area contributed by atoms with Crippen molar-refractivity contribution >= 4 is 16.6 Å². The van der Waals surface area contributed by atoms with Gasteiger partial charge in [0.15, 0.2) is 0 Å². The maximum Gasteiger partial charge on any atom is 0.0705 e. The number of rotatable bonds is 6. The number of hydrogen-bond acceptors (Lipinski definition) is 4. The van der Waals surface area contributed by atoms with Crippen molar-refractivity contribution in [2.24, 2.45) is 0 Å². The Morgan fingerprint density at radius 2 is 1.57 bits per heavy atom. The first-order valence-corrected chi connectivity index (χ1v) is 10.3. The van der Waals surface area contributed by atoms with Crippen LogP contribution in [0.15, 0.2) is 54.6 Å². The minimum absolute atomic E-state index is 0.822. The number of pyridine rings is 1. The van der Waals surface area contributed by atoms with Crippen molar-refractivity contribution in [1.29, 1.82) is 0 Å². The van der Waals surface area contributed by atoms with E-state index in [4.69, 9.17) is 0 Å². The van der Waals surface area contributed by atoms with Gasteiger partial charge in [-0.05, 0) is 54.9 Å². The number of nitrogens with one attached hydrogen (secondary N) is 1. The molecule has 4 nitrogen and oxygen atoms in total. The summed E-state index contributed by atoms with van der Waals surface area (Å²) < 4.78 is 0. The van der Waals surface area contributed by atoms with Crippen molar-refractivity contribution < 1.29 is 0 Å². The molecule has 1 aliphatic rings. The molecule has 2 aromatic carbocycles. The highest BCUT2D eigenvalue weighted by Gasteiger charge is 2.15. The van der Waals surface area contributed by atoms with E-state index in [9.17, 15) is 0 Å². The second-order valence-corrected chi connectivity index (χ2v) is 7.74. The molecular formula is C24H30N4. The molecule has 1 aliphatic heterocycles. The Hall–Kier alpha value is -2.43. The topological polar surface area (TPSA) is 31.4 Å². The van der Waals surface area contributed by atoms with Gasteiger partial charge in [-0.1, -0.05) is 31.2 Å². The Bertz CT molecular complexity index is 912. The average Bonchev–Trinajstić information content (AvgIpc) is 2.74. The fourth-order valence-corrected chi connectivity index (χ4v) is 3.84. The Morgan fingerprint density at radius 3 is 2.32 bits per heavy atom. The number of nitrogens with zero attached hydrogens (tertiary/aromatic N) is 3. The van der Waals surface area contributed by atoms with E-state index < -0.39 is 0 Å². The summed E-state index contributed by atoms with van der Waals surface area (Å²) in [6.07, 6.45) is 0. The van der Waals surface area contributed by atoms with Crippen LogP contribution in [0, 0.1) is 6.92 Å². The van der Waals surface area contributed by atoms with Crippen LogP contribution in [-0.4, -0.2) is 47.5 Å². The van der Waals surface area contributed by atoms with Crippen molar-refractivity contribution in [1.82, 2.24) is 14.8 Å². The monoisotopic (exact) mass is 374 g/mol. The average molecular weight is 375 g/mol. The molecule has 4 heteroatoms. The van der Waals surface area contributed by atoms with Crippen molar-refractivity contribution in [3.05, 3.63) is 71.4 Å². The Kier molecular flexibility index (Phi) is 5.89. The summed E-state index contributed by atoms with van der Waals surface area (Å²) in [6.45, 7) is 12.0. The van der Waals surface area contributed by atoms with Crippen LogP contribution in [0.25, 0.3) is 10.9 Å². The molecule has 0 bridgehead atoms. The van der Waals surface area contributed by atoms with E-state index in [0.717, 1.165) is 24.3 Å². The number of piperazine rings is 1. The van der Waals surface area contributed by atoms with Crippen LogP contribution >= 0.6 is 0 Å². The van der Waals surface area contributed by atoms with E-state index in [1.165, 1.54) is 54.9 Å². The van der Waals surface area contributed by atoms with Crippen LogP contribution < -0.4 is 5.32 Å². The predicted octanol–water partition coefficient (Wildman–Crippen LogP) is 4.29. The molecule has 1 N–H and O–H groups in total. The second-order valence-electron chi connectivity index (χ2n) is 7.74. The van der Waals surface area contributed by atoms with Gasteiger partial charge in [-0.3, -0.25) is 9.88 Å². The van der Waals surface area contributed by atoms with Gasteiger partial charge < -0.3 is 10.2 Å². The van der Waals surface area contributed by atoms with Crippen molar-refractivity contribution in [3.63, 3.8) is 0 Å². The van der Waals surface area contributed by atoms with Gasteiger partial charge in [0, 0.05) is 56.0 Å². The van der Waals surface area contributed by atoms with E-state index in [-0.39, 0.29) is 0 Å². The van der Waals surface area contributed by atoms with Gasteiger partial charge in [0.1, 0.15) is 0 Å². The summed E-state index contributed by atoms with van der Waals surface area (Å²) in [4.78, 5) is 9.65. The minimum atomic E-state index is 0.822. The summed E-state index contributed by atoms with van der Waals surface area (Å²) in [7, 11) is 0. The van der Waals surface area contributed by atoms with Crippen LogP contribution in [0.2, 0.25) is 0 Å². The molecule has 0 atom stereocenters. The molecule has 0 aliphatic carbocycles. The number of likely N-dealkylation sites (N-methyl/N-ethyl adjacent to an activating group) is 1. The normalized spacial score (nSPS) is 15.8. The molecule has 0 unspecified atom stereocenters. The Morgan fingerprint density at radius 1 is 0.857 bits per heavy atom. The van der Waals surface area contributed by atoms with Gasteiger partial charge in [-0.2, -0.15) is 0 Å². The van der Waals surface area contributed by atoms with Crippen molar-refractivity contribution in [3.8, 4) is 0 Å². The molecule has 3 aromatic rings.